The van der Waals surface area contributed by atoms with Crippen LogP contribution in [0.1, 0.15) is 34.9 Å². The molecular weight excluding hydrogens is 244 g/mol. The third-order valence-corrected chi connectivity index (χ3v) is 3.60. The summed E-state index contributed by atoms with van der Waals surface area (Å²) in [6, 6.07) is 3.79. The number of carboxylic acids is 1. The Morgan fingerprint density at radius 2 is 2.32 bits per heavy atom. The molecule has 2 aromatic heterocycles. The largest absolute Gasteiger partial charge is 0.476 e. The van der Waals surface area contributed by atoms with Gasteiger partial charge in [-0.2, -0.15) is 5.10 Å². The fourth-order valence-electron chi connectivity index (χ4n) is 2.63. The highest BCUT2D eigenvalue weighted by atomic mass is 16.4. The number of aromatic carboxylic acids is 1. The second kappa shape index (κ2) is 4.62. The molecule has 3 rings (SSSR count). The lowest BCUT2D eigenvalue weighted by molar-refractivity contribution is 0.0691. The first-order valence-electron chi connectivity index (χ1n) is 6.41. The molecule has 0 saturated carbocycles. The van der Waals surface area contributed by atoms with Crippen molar-refractivity contribution in [2.45, 2.75) is 18.8 Å². The molecule has 0 radical (unpaired) electrons. The van der Waals surface area contributed by atoms with Crippen molar-refractivity contribution in [3.05, 3.63) is 29.7 Å². The Morgan fingerprint density at radius 1 is 1.47 bits per heavy atom. The summed E-state index contributed by atoms with van der Waals surface area (Å²) in [6.45, 7) is 2.13. The van der Waals surface area contributed by atoms with Crippen LogP contribution in [-0.4, -0.2) is 50.7 Å². The zero-order chi connectivity index (χ0) is 13.4. The Balaban J connectivity index is 1.94. The SMILES string of the molecule is CN1CCCC(c2ccc3nc(C(=O)O)cn3n2)C1. The Bertz CT molecular complexity index is 622. The zero-order valence-electron chi connectivity index (χ0n) is 10.8. The van der Waals surface area contributed by atoms with Crippen molar-refractivity contribution >= 4 is 11.6 Å². The lowest BCUT2D eigenvalue weighted by Gasteiger charge is -2.29. The number of likely N-dealkylation sites (tertiary alicyclic amines) is 1. The number of rotatable bonds is 2. The van der Waals surface area contributed by atoms with E-state index in [4.69, 9.17) is 5.11 Å². The van der Waals surface area contributed by atoms with Gasteiger partial charge in [0, 0.05) is 12.5 Å². The minimum absolute atomic E-state index is 0.0328. The molecule has 1 atom stereocenters. The topological polar surface area (TPSA) is 70.7 Å². The summed E-state index contributed by atoms with van der Waals surface area (Å²) in [7, 11) is 2.12. The first-order valence-corrected chi connectivity index (χ1v) is 6.41. The molecule has 0 aromatic carbocycles. The Labute approximate surface area is 110 Å². The molecule has 100 valence electrons. The highest BCUT2D eigenvalue weighted by molar-refractivity contribution is 5.85. The predicted molar refractivity (Wildman–Crippen MR) is 69.4 cm³/mol. The predicted octanol–water partition coefficient (Wildman–Crippen LogP) is 1.24. The van der Waals surface area contributed by atoms with E-state index in [0.717, 1.165) is 25.2 Å². The van der Waals surface area contributed by atoms with Crippen molar-refractivity contribution in [2.75, 3.05) is 20.1 Å². The lowest BCUT2D eigenvalue weighted by atomic mass is 9.95. The third kappa shape index (κ3) is 2.31. The van der Waals surface area contributed by atoms with Gasteiger partial charge < -0.3 is 10.0 Å². The van der Waals surface area contributed by atoms with E-state index < -0.39 is 5.97 Å². The minimum atomic E-state index is -1.02. The molecule has 19 heavy (non-hydrogen) atoms. The highest BCUT2D eigenvalue weighted by Gasteiger charge is 2.21. The van der Waals surface area contributed by atoms with Crippen molar-refractivity contribution in [3.8, 4) is 0 Å². The van der Waals surface area contributed by atoms with Crippen molar-refractivity contribution in [2.24, 2.45) is 0 Å². The summed E-state index contributed by atoms with van der Waals surface area (Å²) in [5.41, 5.74) is 1.61. The molecule has 0 aliphatic carbocycles. The number of piperidine rings is 1. The van der Waals surface area contributed by atoms with Gasteiger partial charge in [-0.1, -0.05) is 0 Å². The minimum Gasteiger partial charge on any atom is -0.476 e. The Kier molecular flexibility index (Phi) is 2.94. The third-order valence-electron chi connectivity index (χ3n) is 3.60. The van der Waals surface area contributed by atoms with Gasteiger partial charge in [-0.3, -0.25) is 0 Å². The van der Waals surface area contributed by atoms with Crippen LogP contribution in [0.15, 0.2) is 18.3 Å². The van der Waals surface area contributed by atoms with E-state index in [1.807, 2.05) is 12.1 Å². The number of hydrogen-bond acceptors (Lipinski definition) is 4. The van der Waals surface area contributed by atoms with Crippen molar-refractivity contribution in [1.82, 2.24) is 19.5 Å². The van der Waals surface area contributed by atoms with Crippen LogP contribution in [0.2, 0.25) is 0 Å². The lowest BCUT2D eigenvalue weighted by Crippen LogP contribution is -2.31. The fourth-order valence-corrected chi connectivity index (χ4v) is 2.63. The molecule has 0 amide bonds. The maximum atomic E-state index is 10.9. The summed E-state index contributed by atoms with van der Waals surface area (Å²) in [6.07, 6.45) is 3.77. The monoisotopic (exact) mass is 260 g/mol. The average molecular weight is 260 g/mol. The van der Waals surface area contributed by atoms with Gasteiger partial charge in [0.15, 0.2) is 11.3 Å². The number of carbonyl (C=O) groups is 1. The molecule has 0 bridgehead atoms. The smallest absolute Gasteiger partial charge is 0.356 e. The fraction of sp³-hybridized carbons (Fsp3) is 0.462. The highest BCUT2D eigenvalue weighted by Crippen LogP contribution is 2.24. The van der Waals surface area contributed by atoms with Crippen LogP contribution in [0.25, 0.3) is 5.65 Å². The number of likely N-dealkylation sites (N-methyl/N-ethyl adjacent to an activating group) is 1. The molecule has 3 heterocycles. The molecule has 1 N–H and O–H groups in total. The molecule has 2 aromatic rings. The van der Waals surface area contributed by atoms with Gasteiger partial charge in [0.25, 0.3) is 0 Å². The second-order valence-corrected chi connectivity index (χ2v) is 5.09. The van der Waals surface area contributed by atoms with E-state index in [0.29, 0.717) is 11.6 Å². The van der Waals surface area contributed by atoms with Crippen LogP contribution in [0, 0.1) is 0 Å². The summed E-state index contributed by atoms with van der Waals surface area (Å²) in [4.78, 5) is 17.2. The van der Waals surface area contributed by atoms with E-state index in [1.165, 1.54) is 12.6 Å². The Morgan fingerprint density at radius 3 is 3.05 bits per heavy atom. The zero-order valence-corrected chi connectivity index (χ0v) is 10.8. The summed E-state index contributed by atoms with van der Waals surface area (Å²) < 4.78 is 1.56. The maximum absolute atomic E-state index is 10.9. The molecule has 1 aliphatic rings. The van der Waals surface area contributed by atoms with E-state index in [1.54, 1.807) is 4.52 Å². The Hall–Kier alpha value is -1.95. The molecule has 1 saturated heterocycles. The maximum Gasteiger partial charge on any atom is 0.356 e. The van der Waals surface area contributed by atoms with Crippen LogP contribution in [0.4, 0.5) is 0 Å². The van der Waals surface area contributed by atoms with Crippen LogP contribution in [-0.2, 0) is 0 Å². The van der Waals surface area contributed by atoms with E-state index in [2.05, 4.69) is 22.0 Å². The van der Waals surface area contributed by atoms with Gasteiger partial charge in [0.2, 0.25) is 0 Å². The van der Waals surface area contributed by atoms with Crippen molar-refractivity contribution < 1.29 is 9.90 Å². The molecule has 6 nitrogen and oxygen atoms in total. The van der Waals surface area contributed by atoms with Crippen LogP contribution in [0.5, 0.6) is 0 Å². The van der Waals surface area contributed by atoms with Gasteiger partial charge in [0.05, 0.1) is 11.9 Å². The molecule has 6 heteroatoms. The van der Waals surface area contributed by atoms with Crippen LogP contribution < -0.4 is 0 Å². The van der Waals surface area contributed by atoms with Gasteiger partial charge >= 0.3 is 5.97 Å². The molecule has 1 unspecified atom stereocenters. The average Bonchev–Trinajstić information content (AvgIpc) is 2.81. The van der Waals surface area contributed by atoms with E-state index in [-0.39, 0.29) is 5.69 Å². The van der Waals surface area contributed by atoms with E-state index in [9.17, 15) is 4.79 Å². The van der Waals surface area contributed by atoms with Crippen molar-refractivity contribution in [1.29, 1.82) is 0 Å². The second-order valence-electron chi connectivity index (χ2n) is 5.09. The summed E-state index contributed by atoms with van der Waals surface area (Å²) in [5, 5.41) is 13.4. The summed E-state index contributed by atoms with van der Waals surface area (Å²) in [5.74, 6) is -0.608. The molecule has 0 spiro atoms. The molecular formula is C13H16N4O2. The number of imidazole rings is 1. The first-order chi connectivity index (χ1) is 9.13. The van der Waals surface area contributed by atoms with Gasteiger partial charge in [-0.15, -0.1) is 0 Å². The number of aromatic nitrogens is 3. The number of fused-ring (bicyclic) bond motifs is 1. The normalized spacial score (nSPS) is 20.8. The first kappa shape index (κ1) is 12.1. The number of carboxylic acid groups (broad SMARTS) is 1. The molecule has 1 aliphatic heterocycles. The van der Waals surface area contributed by atoms with Crippen LogP contribution >= 0.6 is 0 Å². The van der Waals surface area contributed by atoms with Gasteiger partial charge in [-0.05, 0) is 38.6 Å². The van der Waals surface area contributed by atoms with Crippen LogP contribution in [0.3, 0.4) is 0 Å². The standard InChI is InChI=1S/C13H16N4O2/c1-16-6-2-3-9(7-16)10-4-5-12-14-11(13(18)19)8-17(12)15-10/h4-5,8-9H,2-3,6-7H2,1H3,(H,18,19). The van der Waals surface area contributed by atoms with E-state index >= 15 is 0 Å². The quantitative estimate of drug-likeness (QED) is 0.879. The van der Waals surface area contributed by atoms with Gasteiger partial charge in [-0.25, -0.2) is 14.3 Å². The van der Waals surface area contributed by atoms with Crippen molar-refractivity contribution in [3.63, 3.8) is 0 Å². The summed E-state index contributed by atoms with van der Waals surface area (Å²) >= 11 is 0. The van der Waals surface area contributed by atoms with Gasteiger partial charge in [0.1, 0.15) is 0 Å². The number of nitrogens with zero attached hydrogens (tertiary/aromatic N) is 4. The molecule has 1 fully saturated rings. The number of hydrogen-bond donors (Lipinski definition) is 1.